The zero-order chi connectivity index (χ0) is 53.1. The Labute approximate surface area is 422 Å². The molecule has 4 N–H and O–H groups in total. The van der Waals surface area contributed by atoms with Gasteiger partial charge in [-0.25, -0.2) is 0 Å². The van der Waals surface area contributed by atoms with E-state index < -0.39 is 68.0 Å². The maximum Gasteiger partial charge on any atom is 0.225 e. The second kappa shape index (κ2) is 22.9. The van der Waals surface area contributed by atoms with Crippen molar-refractivity contribution >= 4 is 23.6 Å². The fourth-order valence-electron chi connectivity index (χ4n) is 12.6. The molecule has 4 atom stereocenters. The van der Waals surface area contributed by atoms with Crippen LogP contribution in [0.25, 0.3) is 0 Å². The highest BCUT2D eigenvalue weighted by atomic mass is 16.5. The molecule has 4 unspecified atom stereocenters. The standard InChI is InChI=1S/C52H96N10O8/c1-45(2)33-37(49(9,10)59(45)67)41(63)53-23-19-29-57(30-20-24-54-42(64)38-34-46(3,4)60(68)50(38,11)12)27-17-18-28-58(31-21-25-55-43(65)39-35-47(5,6)61(69)51(39,13)14)32-22-26-56-44(66)40-36-48(7,8)62(70)52(40,15)16/h37-40H,17-36H2,1-16H3,(H,53,63)(H,54,64)(H,55,65)(H,56,66). The molecule has 4 aliphatic rings. The Morgan fingerprint density at radius 3 is 0.671 bits per heavy atom. The van der Waals surface area contributed by atoms with E-state index in [1.165, 1.54) is 0 Å². The number of hydroxylamine groups is 8. The van der Waals surface area contributed by atoms with Gasteiger partial charge in [0.25, 0.3) is 0 Å². The third-order valence-electron chi connectivity index (χ3n) is 16.8. The van der Waals surface area contributed by atoms with E-state index in [1.807, 2.05) is 111 Å². The van der Waals surface area contributed by atoms with Crippen LogP contribution in [0, 0.1) is 23.7 Å². The Morgan fingerprint density at radius 1 is 0.343 bits per heavy atom. The number of hydrogen-bond donors (Lipinski definition) is 4. The molecule has 4 radical (unpaired) electrons. The largest absolute Gasteiger partial charge is 0.356 e. The molecule has 0 saturated carbocycles. The highest BCUT2D eigenvalue weighted by Gasteiger charge is 2.58. The van der Waals surface area contributed by atoms with E-state index in [9.17, 15) is 40.0 Å². The summed E-state index contributed by atoms with van der Waals surface area (Å²) in [6.45, 7) is 36.2. The molecule has 402 valence electrons. The minimum atomic E-state index is -0.800. The molecule has 4 amide bonds. The highest BCUT2D eigenvalue weighted by molar-refractivity contribution is 5.82. The minimum Gasteiger partial charge on any atom is -0.356 e. The van der Waals surface area contributed by atoms with E-state index in [0.29, 0.717) is 51.9 Å². The van der Waals surface area contributed by atoms with Crippen LogP contribution in [-0.2, 0) is 40.0 Å². The zero-order valence-corrected chi connectivity index (χ0v) is 46.4. The van der Waals surface area contributed by atoms with E-state index >= 15 is 0 Å². The van der Waals surface area contributed by atoms with Crippen LogP contribution in [0.4, 0.5) is 0 Å². The van der Waals surface area contributed by atoms with Crippen molar-refractivity contribution in [2.45, 2.75) is 219 Å². The van der Waals surface area contributed by atoms with Gasteiger partial charge < -0.3 is 31.1 Å². The smallest absolute Gasteiger partial charge is 0.225 e. The Morgan fingerprint density at radius 2 is 0.514 bits per heavy atom. The van der Waals surface area contributed by atoms with Gasteiger partial charge in [0.2, 0.25) is 23.6 Å². The second-order valence-corrected chi connectivity index (χ2v) is 26.0. The summed E-state index contributed by atoms with van der Waals surface area (Å²) in [5.74, 6) is -2.03. The average Bonchev–Trinajstić information content (AvgIpc) is 3.71. The maximum absolute atomic E-state index is 13.4. The second-order valence-electron chi connectivity index (χ2n) is 26.0. The van der Waals surface area contributed by atoms with Gasteiger partial charge in [0.1, 0.15) is 0 Å². The number of nitrogens with one attached hydrogen (secondary N) is 4. The molecule has 0 spiro atoms. The summed E-state index contributed by atoms with van der Waals surface area (Å²) in [5, 5.41) is 68.6. The predicted molar refractivity (Wildman–Crippen MR) is 268 cm³/mol. The van der Waals surface area contributed by atoms with E-state index in [0.717, 1.165) is 98.0 Å². The van der Waals surface area contributed by atoms with Crippen molar-refractivity contribution in [3.05, 3.63) is 0 Å². The van der Waals surface area contributed by atoms with Gasteiger partial charge in [-0.2, -0.15) is 0 Å². The predicted octanol–water partition coefficient (Wildman–Crippen LogP) is 5.29. The lowest BCUT2D eigenvalue weighted by atomic mass is 9.86. The third kappa shape index (κ3) is 13.8. The van der Waals surface area contributed by atoms with Crippen molar-refractivity contribution in [1.29, 1.82) is 0 Å². The van der Waals surface area contributed by atoms with E-state index in [1.54, 1.807) is 0 Å². The Kier molecular flexibility index (Phi) is 19.7. The van der Waals surface area contributed by atoms with Crippen LogP contribution in [0.2, 0.25) is 0 Å². The fraction of sp³-hybridized carbons (Fsp3) is 0.923. The minimum absolute atomic E-state index is 0.0968. The molecule has 4 aliphatic heterocycles. The Bertz CT molecular complexity index is 1540. The fourth-order valence-corrected chi connectivity index (χ4v) is 12.6. The number of hydrogen-bond acceptors (Lipinski definition) is 10. The van der Waals surface area contributed by atoms with Gasteiger partial charge in [0, 0.05) is 48.3 Å². The van der Waals surface area contributed by atoms with E-state index in [-0.39, 0.29) is 23.6 Å². The van der Waals surface area contributed by atoms with Crippen molar-refractivity contribution in [2.75, 3.05) is 65.4 Å². The van der Waals surface area contributed by atoms with Gasteiger partial charge in [-0.3, -0.25) is 19.2 Å². The summed E-state index contributed by atoms with van der Waals surface area (Å²) >= 11 is 0. The van der Waals surface area contributed by atoms with Crippen LogP contribution in [0.3, 0.4) is 0 Å². The zero-order valence-electron chi connectivity index (χ0n) is 46.4. The molecule has 0 bridgehead atoms. The number of rotatable bonds is 25. The van der Waals surface area contributed by atoms with Crippen molar-refractivity contribution in [3.63, 3.8) is 0 Å². The first-order chi connectivity index (χ1) is 32.0. The molecule has 0 aromatic heterocycles. The lowest BCUT2D eigenvalue weighted by molar-refractivity contribution is -0.247. The van der Waals surface area contributed by atoms with Crippen molar-refractivity contribution in [2.24, 2.45) is 23.7 Å². The number of carbonyl (C=O) groups is 4. The van der Waals surface area contributed by atoms with Crippen LogP contribution in [0.15, 0.2) is 0 Å². The monoisotopic (exact) mass is 989 g/mol. The van der Waals surface area contributed by atoms with E-state index in [2.05, 4.69) is 31.1 Å². The Hall–Kier alpha value is -2.52. The first kappa shape index (κ1) is 60.0. The molecule has 4 rings (SSSR count). The summed E-state index contributed by atoms with van der Waals surface area (Å²) in [5.41, 5.74) is -5.66. The van der Waals surface area contributed by atoms with Crippen molar-refractivity contribution in [3.8, 4) is 0 Å². The summed E-state index contributed by atoms with van der Waals surface area (Å²) in [6.07, 6.45) is 6.64. The molecule has 0 aromatic carbocycles. The van der Waals surface area contributed by atoms with Gasteiger partial charge >= 0.3 is 0 Å². The molecule has 18 nitrogen and oxygen atoms in total. The molecule has 4 heterocycles. The third-order valence-corrected chi connectivity index (χ3v) is 16.8. The van der Waals surface area contributed by atoms with Crippen LogP contribution in [0.5, 0.6) is 0 Å². The molecule has 4 fully saturated rings. The average molecular weight is 989 g/mol. The topological polar surface area (TPSA) is 215 Å². The number of carbonyl (C=O) groups excluding carboxylic acids is 4. The normalized spacial score (nSPS) is 27.6. The molecule has 18 heteroatoms. The van der Waals surface area contributed by atoms with Crippen LogP contribution < -0.4 is 21.3 Å². The molecular weight excluding hydrogens is 893 g/mol. The molecule has 4 saturated heterocycles. The van der Waals surface area contributed by atoms with Crippen molar-refractivity contribution in [1.82, 2.24) is 51.3 Å². The van der Waals surface area contributed by atoms with Gasteiger partial charge in [-0.15, -0.1) is 41.1 Å². The van der Waals surface area contributed by atoms with Gasteiger partial charge in [0.05, 0.1) is 45.8 Å². The number of unbranched alkanes of at least 4 members (excludes halogenated alkanes) is 1. The summed E-state index contributed by atoms with van der Waals surface area (Å²) < 4.78 is 0. The lowest BCUT2D eigenvalue weighted by Gasteiger charge is -2.33. The summed E-state index contributed by atoms with van der Waals surface area (Å²) in [4.78, 5) is 58.3. The Balaban J connectivity index is 1.34. The lowest BCUT2D eigenvalue weighted by Crippen LogP contribution is -2.49. The number of amides is 4. The van der Waals surface area contributed by atoms with Crippen molar-refractivity contribution < 1.29 is 40.0 Å². The van der Waals surface area contributed by atoms with Crippen LogP contribution in [0.1, 0.15) is 175 Å². The summed E-state index contributed by atoms with van der Waals surface area (Å²) in [6, 6.07) is 0. The van der Waals surface area contributed by atoms with E-state index in [4.69, 9.17) is 0 Å². The highest BCUT2D eigenvalue weighted by Crippen LogP contribution is 2.47. The first-order valence-electron chi connectivity index (χ1n) is 26.5. The number of nitrogens with zero attached hydrogens (tertiary/aromatic N) is 6. The van der Waals surface area contributed by atoms with Gasteiger partial charge in [-0.05, 0) is 214 Å². The molecule has 0 aromatic rings. The van der Waals surface area contributed by atoms with Gasteiger partial charge in [0.15, 0.2) is 0 Å². The first-order valence-corrected chi connectivity index (χ1v) is 26.5. The quantitative estimate of drug-likeness (QED) is 0.0867. The van der Waals surface area contributed by atoms with Gasteiger partial charge in [-0.1, -0.05) is 0 Å². The molecular formula is C52H96N10O8. The van der Waals surface area contributed by atoms with Crippen LogP contribution >= 0.6 is 0 Å². The molecule has 70 heavy (non-hydrogen) atoms. The molecule has 0 aliphatic carbocycles. The SMILES string of the molecule is CC1(C)CC(C(=O)NCCCN(CCCCN(CCCNC(=O)C2CC(C)(C)N([O])C2(C)C)CCCNC(=O)C2CC(C)(C)N([O])C2(C)C)CCCNC(=O)C2CC(C)(C)N([O])C2(C)C)C(C)(C)N1[O]. The van der Waals surface area contributed by atoms with Crippen LogP contribution in [-0.4, -0.2) is 163 Å². The summed E-state index contributed by atoms with van der Waals surface area (Å²) in [7, 11) is 0. The maximum atomic E-state index is 13.4.